The Labute approximate surface area is 164 Å². The zero-order valence-corrected chi connectivity index (χ0v) is 16.5. The molecule has 2 heterocycles. The van der Waals surface area contributed by atoms with Crippen LogP contribution >= 0.6 is 23.2 Å². The number of aliphatic hydroxyl groups is 1. The van der Waals surface area contributed by atoms with Crippen molar-refractivity contribution in [3.63, 3.8) is 0 Å². The number of benzene rings is 1. The molecule has 0 aliphatic rings. The molecule has 0 amide bonds. The number of nitrogens with zero attached hydrogens (tertiary/aromatic N) is 4. The van der Waals surface area contributed by atoms with E-state index in [0.717, 1.165) is 10.1 Å². The van der Waals surface area contributed by atoms with E-state index in [2.05, 4.69) is 10.3 Å². The van der Waals surface area contributed by atoms with Gasteiger partial charge in [-0.05, 0) is 24.6 Å². The summed E-state index contributed by atoms with van der Waals surface area (Å²) in [7, 11) is 2.97. The van der Waals surface area contributed by atoms with Crippen LogP contribution in [0.5, 0.6) is 0 Å². The molecule has 1 unspecified atom stereocenters. The molecule has 1 aromatic carbocycles. The van der Waals surface area contributed by atoms with E-state index in [1.54, 1.807) is 36.7 Å². The van der Waals surface area contributed by atoms with Crippen LogP contribution in [0, 0.1) is 0 Å². The summed E-state index contributed by atoms with van der Waals surface area (Å²) >= 11 is 12.1. The average Bonchev–Trinajstić information content (AvgIpc) is 2.98. The van der Waals surface area contributed by atoms with E-state index in [-0.39, 0.29) is 24.3 Å². The molecule has 0 saturated carbocycles. The summed E-state index contributed by atoms with van der Waals surface area (Å²) < 4.78 is 4.02. The van der Waals surface area contributed by atoms with E-state index in [0.29, 0.717) is 16.0 Å². The molecule has 2 N–H and O–H groups in total. The van der Waals surface area contributed by atoms with Gasteiger partial charge in [0.1, 0.15) is 0 Å². The second-order valence-electron chi connectivity index (χ2n) is 6.38. The van der Waals surface area contributed by atoms with Crippen molar-refractivity contribution in [2.75, 3.05) is 11.9 Å². The highest BCUT2D eigenvalue weighted by molar-refractivity contribution is 6.42. The van der Waals surface area contributed by atoms with Crippen molar-refractivity contribution in [2.45, 2.75) is 19.6 Å². The molecular weight excluding hydrogens is 393 g/mol. The third-order valence-corrected chi connectivity index (χ3v) is 4.97. The molecule has 1 atom stereocenters. The summed E-state index contributed by atoms with van der Waals surface area (Å²) in [5.41, 5.74) is 0.425. The number of anilines is 1. The molecule has 0 saturated heterocycles. The topological polar surface area (TPSA) is 94.1 Å². The smallest absolute Gasteiger partial charge is 0.332 e. The first-order valence-electron chi connectivity index (χ1n) is 8.22. The lowest BCUT2D eigenvalue weighted by molar-refractivity contribution is 0.208. The van der Waals surface area contributed by atoms with Crippen LogP contribution in [-0.4, -0.2) is 36.4 Å². The molecule has 3 aromatic rings. The first kappa shape index (κ1) is 19.5. The Hall–Kier alpha value is -2.29. The fourth-order valence-electron chi connectivity index (χ4n) is 2.79. The number of imidazole rings is 1. The summed E-state index contributed by atoms with van der Waals surface area (Å²) in [6.45, 7) is 2.15. The minimum atomic E-state index is -0.616. The summed E-state index contributed by atoms with van der Waals surface area (Å²) in [4.78, 5) is 29.4. The molecule has 10 heteroatoms. The van der Waals surface area contributed by atoms with Crippen molar-refractivity contribution in [3.8, 4) is 0 Å². The molecule has 27 heavy (non-hydrogen) atoms. The van der Waals surface area contributed by atoms with E-state index < -0.39 is 17.4 Å². The first-order chi connectivity index (χ1) is 12.7. The largest absolute Gasteiger partial charge is 0.392 e. The van der Waals surface area contributed by atoms with Crippen molar-refractivity contribution < 1.29 is 5.11 Å². The second-order valence-corrected chi connectivity index (χ2v) is 7.19. The molecule has 2 aromatic heterocycles. The van der Waals surface area contributed by atoms with Crippen LogP contribution in [0.15, 0.2) is 27.8 Å². The van der Waals surface area contributed by atoms with Crippen molar-refractivity contribution in [3.05, 3.63) is 54.6 Å². The van der Waals surface area contributed by atoms with Gasteiger partial charge in [0.15, 0.2) is 11.2 Å². The average molecular weight is 412 g/mol. The number of aromatic nitrogens is 4. The zero-order valence-electron chi connectivity index (χ0n) is 15.0. The predicted octanol–water partition coefficient (Wildman–Crippen LogP) is 1.58. The van der Waals surface area contributed by atoms with Crippen LogP contribution in [0.25, 0.3) is 11.2 Å². The molecule has 3 rings (SSSR count). The van der Waals surface area contributed by atoms with E-state index in [9.17, 15) is 14.7 Å². The van der Waals surface area contributed by atoms with Crippen LogP contribution in [0.3, 0.4) is 0 Å². The lowest BCUT2D eigenvalue weighted by atomic mass is 10.2. The van der Waals surface area contributed by atoms with Crippen LogP contribution in [0.1, 0.15) is 12.5 Å². The highest BCUT2D eigenvalue weighted by Gasteiger charge is 2.19. The van der Waals surface area contributed by atoms with Gasteiger partial charge in [-0.15, -0.1) is 0 Å². The monoisotopic (exact) mass is 411 g/mol. The Balaban J connectivity index is 2.23. The number of aryl methyl sites for hydroxylation is 1. The van der Waals surface area contributed by atoms with Crippen LogP contribution in [0.2, 0.25) is 10.0 Å². The number of hydrogen-bond acceptors (Lipinski definition) is 5. The van der Waals surface area contributed by atoms with Crippen LogP contribution < -0.4 is 16.6 Å². The Morgan fingerprint density at radius 2 is 1.89 bits per heavy atom. The maximum absolute atomic E-state index is 12.7. The number of hydrogen-bond donors (Lipinski definition) is 2. The molecule has 8 nitrogen and oxygen atoms in total. The standard InChI is InChI=1S/C17H19Cl2N5O3/c1-9(25)7-20-16-21-14-13(15(26)23(3)17(27)22(14)2)24(16)8-10-4-5-11(18)12(19)6-10/h4-6,9,25H,7-8H2,1-3H3,(H,20,21). The number of fused-ring (bicyclic) bond motifs is 1. The lowest BCUT2D eigenvalue weighted by Gasteiger charge is -2.12. The van der Waals surface area contributed by atoms with Gasteiger partial charge in [-0.2, -0.15) is 4.98 Å². The van der Waals surface area contributed by atoms with Gasteiger partial charge >= 0.3 is 5.69 Å². The van der Waals surface area contributed by atoms with E-state index >= 15 is 0 Å². The first-order valence-corrected chi connectivity index (χ1v) is 8.98. The number of aliphatic hydroxyl groups excluding tert-OH is 1. The van der Waals surface area contributed by atoms with Gasteiger partial charge < -0.3 is 10.4 Å². The van der Waals surface area contributed by atoms with Gasteiger partial charge in [-0.25, -0.2) is 4.79 Å². The summed E-state index contributed by atoms with van der Waals surface area (Å²) in [6.07, 6.45) is -0.616. The molecule has 144 valence electrons. The van der Waals surface area contributed by atoms with Crippen molar-refractivity contribution >= 4 is 40.3 Å². The third kappa shape index (κ3) is 3.60. The van der Waals surface area contributed by atoms with Crippen molar-refractivity contribution in [2.24, 2.45) is 14.1 Å². The molecule has 0 bridgehead atoms. The maximum Gasteiger partial charge on any atom is 0.332 e. The number of rotatable bonds is 5. The Kier molecular flexibility index (Phi) is 5.32. The fraction of sp³-hybridized carbons (Fsp3) is 0.353. The predicted molar refractivity (Wildman–Crippen MR) is 106 cm³/mol. The SMILES string of the molecule is CC(O)CNc1nc2c(c(=O)n(C)c(=O)n2C)n1Cc1ccc(Cl)c(Cl)c1. The van der Waals surface area contributed by atoms with Crippen molar-refractivity contribution in [1.82, 2.24) is 18.7 Å². The maximum atomic E-state index is 12.7. The highest BCUT2D eigenvalue weighted by atomic mass is 35.5. The fourth-order valence-corrected chi connectivity index (χ4v) is 3.12. The van der Waals surface area contributed by atoms with Gasteiger partial charge in [0.2, 0.25) is 5.95 Å². The van der Waals surface area contributed by atoms with Crippen LogP contribution in [-0.2, 0) is 20.6 Å². The molecular formula is C17H19Cl2N5O3. The number of nitrogens with one attached hydrogen (secondary N) is 1. The van der Waals surface area contributed by atoms with E-state index in [1.807, 2.05) is 0 Å². The Bertz CT molecular complexity index is 1130. The Morgan fingerprint density at radius 1 is 1.19 bits per heavy atom. The number of halogens is 2. The van der Waals surface area contributed by atoms with Gasteiger partial charge in [0, 0.05) is 20.6 Å². The van der Waals surface area contributed by atoms with Gasteiger partial charge in [0.25, 0.3) is 5.56 Å². The van der Waals surface area contributed by atoms with Gasteiger partial charge in [-0.3, -0.25) is 18.5 Å². The van der Waals surface area contributed by atoms with E-state index in [4.69, 9.17) is 23.2 Å². The normalized spacial score (nSPS) is 12.5. The van der Waals surface area contributed by atoms with Gasteiger partial charge in [-0.1, -0.05) is 29.3 Å². The summed E-state index contributed by atoms with van der Waals surface area (Å²) in [5, 5.41) is 13.4. The summed E-state index contributed by atoms with van der Waals surface area (Å²) in [5.74, 6) is 0.371. The summed E-state index contributed by atoms with van der Waals surface area (Å²) in [6, 6.07) is 5.18. The minimum Gasteiger partial charge on any atom is -0.392 e. The van der Waals surface area contributed by atoms with E-state index in [1.165, 1.54) is 11.6 Å². The zero-order chi connectivity index (χ0) is 19.9. The second kappa shape index (κ2) is 7.38. The van der Waals surface area contributed by atoms with Crippen molar-refractivity contribution in [1.29, 1.82) is 0 Å². The lowest BCUT2D eigenvalue weighted by Crippen LogP contribution is -2.37. The minimum absolute atomic E-state index is 0.235. The molecule has 0 aliphatic carbocycles. The molecule has 0 radical (unpaired) electrons. The molecule has 0 aliphatic heterocycles. The third-order valence-electron chi connectivity index (χ3n) is 4.23. The van der Waals surface area contributed by atoms with Crippen LogP contribution in [0.4, 0.5) is 5.95 Å². The quantitative estimate of drug-likeness (QED) is 0.664. The van der Waals surface area contributed by atoms with Gasteiger partial charge in [0.05, 0.1) is 22.7 Å². The Morgan fingerprint density at radius 3 is 2.52 bits per heavy atom. The molecule has 0 fully saturated rings. The molecule has 0 spiro atoms. The highest BCUT2D eigenvalue weighted by Crippen LogP contribution is 2.24.